The Morgan fingerprint density at radius 1 is 1.20 bits per heavy atom. The van der Waals surface area contributed by atoms with Gasteiger partial charge in [-0.15, -0.1) is 0 Å². The smallest absolute Gasteiger partial charge is 0.309 e. The molecule has 35 heavy (non-hydrogen) atoms. The van der Waals surface area contributed by atoms with Gasteiger partial charge in [0.2, 0.25) is 5.91 Å². The number of benzene rings is 1. The van der Waals surface area contributed by atoms with Crippen LogP contribution in [0.2, 0.25) is 0 Å². The number of anilines is 1. The lowest BCUT2D eigenvalue weighted by Gasteiger charge is -2.32. The Morgan fingerprint density at radius 3 is 2.80 bits per heavy atom. The predicted molar refractivity (Wildman–Crippen MR) is 123 cm³/mol. The van der Waals surface area contributed by atoms with Crippen LogP contribution < -0.4 is 15.4 Å². The molecule has 2 aromatic heterocycles. The molecule has 1 aliphatic heterocycles. The van der Waals surface area contributed by atoms with Gasteiger partial charge in [-0.1, -0.05) is 6.07 Å². The number of aromatic nitrogens is 3. The van der Waals surface area contributed by atoms with Crippen LogP contribution in [0, 0.1) is 11.8 Å². The van der Waals surface area contributed by atoms with Crippen LogP contribution >= 0.6 is 0 Å². The zero-order valence-corrected chi connectivity index (χ0v) is 18.9. The minimum Gasteiger partial charge on any atom is -0.486 e. The summed E-state index contributed by atoms with van der Waals surface area (Å²) in [5.41, 5.74) is 2.91. The van der Waals surface area contributed by atoms with Gasteiger partial charge in [0.05, 0.1) is 30.1 Å². The first kappa shape index (κ1) is 22.5. The Hall–Kier alpha value is -4.28. The summed E-state index contributed by atoms with van der Waals surface area (Å²) >= 11 is 0. The number of ether oxygens (including phenoxy) is 2. The highest BCUT2D eigenvalue weighted by Gasteiger charge is 2.42. The van der Waals surface area contributed by atoms with Crippen LogP contribution in [0.25, 0.3) is 11.0 Å². The summed E-state index contributed by atoms with van der Waals surface area (Å²) in [5, 5.41) is 5.62. The zero-order chi connectivity index (χ0) is 24.5. The molecule has 0 bridgehead atoms. The Labute approximate surface area is 199 Å². The molecule has 3 heterocycles. The van der Waals surface area contributed by atoms with Crippen LogP contribution in [0.3, 0.4) is 0 Å². The van der Waals surface area contributed by atoms with Crippen molar-refractivity contribution in [2.75, 3.05) is 19.0 Å². The number of carbonyl (C=O) groups is 4. The van der Waals surface area contributed by atoms with Gasteiger partial charge in [0.15, 0.2) is 11.5 Å². The van der Waals surface area contributed by atoms with Gasteiger partial charge in [-0.3, -0.25) is 19.2 Å². The first-order valence-corrected chi connectivity index (χ1v) is 11.2. The third-order valence-electron chi connectivity index (χ3n) is 6.41. The number of rotatable bonds is 6. The highest BCUT2D eigenvalue weighted by molar-refractivity contribution is 6.08. The van der Waals surface area contributed by atoms with Crippen LogP contribution in [0.5, 0.6) is 5.75 Å². The molecular weight excluding hydrogens is 454 g/mol. The summed E-state index contributed by atoms with van der Waals surface area (Å²) in [4.78, 5) is 60.3. The molecule has 5 rings (SSSR count). The molecule has 3 N–H and O–H groups in total. The molecule has 180 valence electrons. The first-order valence-electron chi connectivity index (χ1n) is 11.2. The lowest BCUT2D eigenvalue weighted by atomic mass is 9.73. The van der Waals surface area contributed by atoms with Gasteiger partial charge in [0.25, 0.3) is 5.91 Å². The molecular formula is C24H23N5O6. The number of Topliss-reactive ketones (excluding diaryl/α,β-unsaturated/α-hetero) is 1. The molecule has 2 atom stereocenters. The monoisotopic (exact) mass is 477 g/mol. The fraction of sp³-hybridized carbons (Fsp3) is 0.333. The lowest BCUT2D eigenvalue weighted by Crippen LogP contribution is -2.41. The number of esters is 1. The summed E-state index contributed by atoms with van der Waals surface area (Å²) in [5.74, 6) is -1.34. The third-order valence-corrected chi connectivity index (χ3v) is 6.41. The number of methoxy groups -OCH3 is 1. The van der Waals surface area contributed by atoms with Crippen molar-refractivity contribution in [1.82, 2.24) is 20.3 Å². The van der Waals surface area contributed by atoms with Crippen LogP contribution in [-0.4, -0.2) is 52.2 Å². The van der Waals surface area contributed by atoms with Crippen molar-refractivity contribution in [2.24, 2.45) is 11.8 Å². The summed E-state index contributed by atoms with van der Waals surface area (Å²) < 4.78 is 10.2. The second-order valence-electron chi connectivity index (χ2n) is 8.58. The van der Waals surface area contributed by atoms with Gasteiger partial charge >= 0.3 is 5.97 Å². The van der Waals surface area contributed by atoms with Crippen molar-refractivity contribution in [1.29, 1.82) is 0 Å². The molecule has 0 radical (unpaired) electrons. The summed E-state index contributed by atoms with van der Waals surface area (Å²) in [6, 6.07) is 5.46. The number of fused-ring (bicyclic) bond motifs is 2. The van der Waals surface area contributed by atoms with Gasteiger partial charge in [0.1, 0.15) is 24.2 Å². The molecule has 0 saturated heterocycles. The largest absolute Gasteiger partial charge is 0.486 e. The first-order chi connectivity index (χ1) is 16.9. The molecule has 0 unspecified atom stereocenters. The molecule has 3 aromatic rings. The van der Waals surface area contributed by atoms with Gasteiger partial charge in [-0.2, -0.15) is 0 Å². The summed E-state index contributed by atoms with van der Waals surface area (Å²) in [6.45, 7) is 0.310. The number of hydrogen-bond acceptors (Lipinski definition) is 8. The Bertz CT molecular complexity index is 1350. The molecule has 0 spiro atoms. The number of nitrogens with one attached hydrogen (secondary N) is 3. The van der Waals surface area contributed by atoms with Gasteiger partial charge in [0, 0.05) is 24.7 Å². The summed E-state index contributed by atoms with van der Waals surface area (Å²) in [7, 11) is 1.31. The van der Waals surface area contributed by atoms with E-state index in [0.717, 1.165) is 11.1 Å². The van der Waals surface area contributed by atoms with Crippen LogP contribution in [0.4, 0.5) is 5.69 Å². The minimum absolute atomic E-state index is 0.00910. The van der Waals surface area contributed by atoms with Crippen molar-refractivity contribution >= 4 is 40.3 Å². The van der Waals surface area contributed by atoms with E-state index in [9.17, 15) is 19.2 Å². The van der Waals surface area contributed by atoms with Crippen molar-refractivity contribution in [3.05, 3.63) is 47.5 Å². The minimum atomic E-state index is -0.464. The van der Waals surface area contributed by atoms with Gasteiger partial charge < -0.3 is 25.1 Å². The molecule has 1 aliphatic carbocycles. The lowest BCUT2D eigenvalue weighted by molar-refractivity contribution is -0.154. The normalized spacial score (nSPS) is 18.7. The summed E-state index contributed by atoms with van der Waals surface area (Å²) in [6.07, 6.45) is 4.31. The van der Waals surface area contributed by atoms with Crippen molar-refractivity contribution in [3.8, 4) is 5.75 Å². The number of nitrogens with zero attached hydrogens (tertiary/aromatic N) is 2. The quantitative estimate of drug-likeness (QED) is 0.452. The van der Waals surface area contributed by atoms with Crippen LogP contribution in [-0.2, 0) is 32.1 Å². The van der Waals surface area contributed by atoms with Crippen LogP contribution in [0.15, 0.2) is 30.7 Å². The van der Waals surface area contributed by atoms with Crippen molar-refractivity contribution in [3.63, 3.8) is 0 Å². The van der Waals surface area contributed by atoms with E-state index in [2.05, 4.69) is 25.6 Å². The van der Waals surface area contributed by atoms with E-state index >= 15 is 0 Å². The Kier molecular flexibility index (Phi) is 5.89. The number of carbonyl (C=O) groups excluding carboxylic acids is 4. The zero-order valence-electron chi connectivity index (χ0n) is 18.9. The average Bonchev–Trinajstić information content (AvgIpc) is 3.24. The highest BCUT2D eigenvalue weighted by atomic mass is 16.5. The Balaban J connectivity index is 1.28. The second-order valence-corrected chi connectivity index (χ2v) is 8.58. The van der Waals surface area contributed by atoms with Crippen LogP contribution in [0.1, 0.15) is 34.5 Å². The maximum Gasteiger partial charge on any atom is 0.309 e. The average molecular weight is 477 g/mol. The molecule has 1 fully saturated rings. The molecule has 11 nitrogen and oxygen atoms in total. The molecule has 2 amide bonds. The fourth-order valence-electron chi connectivity index (χ4n) is 4.39. The van der Waals surface area contributed by atoms with Crippen molar-refractivity contribution < 1.29 is 28.7 Å². The fourth-order valence-corrected chi connectivity index (χ4v) is 4.39. The number of amides is 2. The molecule has 1 aromatic carbocycles. The molecule has 1 saturated carbocycles. The number of ketones is 1. The highest BCUT2D eigenvalue weighted by Crippen LogP contribution is 2.36. The maximum absolute atomic E-state index is 12.9. The number of aromatic amines is 1. The van der Waals surface area contributed by atoms with E-state index in [-0.39, 0.29) is 30.5 Å². The SMILES string of the molecule is COC(=O)[C@@H]1CC[C@H]1C(=O)Nc1c[nH]c2c(C(=O)NCc3ccc4c(c3)CC(=O)CO4)ncnc12. The van der Waals surface area contributed by atoms with E-state index in [1.54, 1.807) is 12.3 Å². The van der Waals surface area contributed by atoms with E-state index in [4.69, 9.17) is 9.47 Å². The second kappa shape index (κ2) is 9.16. The van der Waals surface area contributed by atoms with Crippen molar-refractivity contribution in [2.45, 2.75) is 25.8 Å². The predicted octanol–water partition coefficient (Wildman–Crippen LogP) is 1.53. The third kappa shape index (κ3) is 4.32. The van der Waals surface area contributed by atoms with E-state index in [1.807, 2.05) is 12.1 Å². The number of hydrogen-bond donors (Lipinski definition) is 3. The molecule has 2 aliphatic rings. The number of H-pyrrole nitrogens is 1. The van der Waals surface area contributed by atoms with E-state index in [0.29, 0.717) is 41.7 Å². The Morgan fingerprint density at radius 2 is 2.03 bits per heavy atom. The van der Waals surface area contributed by atoms with E-state index in [1.165, 1.54) is 13.4 Å². The maximum atomic E-state index is 12.9. The topological polar surface area (TPSA) is 152 Å². The van der Waals surface area contributed by atoms with E-state index < -0.39 is 23.7 Å². The molecule has 11 heteroatoms. The van der Waals surface area contributed by atoms with Gasteiger partial charge in [-0.05, 0) is 30.5 Å². The standard InChI is InChI=1S/C24H23N5O6/c1-34-24(33)16-4-3-15(16)22(31)29-17-9-25-20-19(17)27-11-28-21(20)23(32)26-8-12-2-5-18-13(6-12)7-14(30)10-35-18/h2,5-6,9,11,15-16,25H,3-4,7-8,10H2,1H3,(H,26,32)(H,29,31)/t15-,16-/m1/s1. The van der Waals surface area contributed by atoms with Gasteiger partial charge in [-0.25, -0.2) is 9.97 Å².